The van der Waals surface area contributed by atoms with Gasteiger partial charge in [-0.2, -0.15) is 0 Å². The minimum absolute atomic E-state index is 0.00621. The van der Waals surface area contributed by atoms with Gasteiger partial charge < -0.3 is 14.0 Å². The predicted molar refractivity (Wildman–Crippen MR) is 255 cm³/mol. The summed E-state index contributed by atoms with van der Waals surface area (Å²) in [6, 6.07) is 69.1. The fourth-order valence-corrected chi connectivity index (χ4v) is 10.4. The molecule has 0 saturated heterocycles. The molecule has 3 heteroatoms. The molecule has 0 spiro atoms. The number of hydrogen-bond acceptors (Lipinski definition) is 1. The van der Waals surface area contributed by atoms with Crippen LogP contribution in [-0.4, -0.2) is 9.13 Å². The quantitative estimate of drug-likeness (QED) is 0.164. The van der Waals surface area contributed by atoms with E-state index in [-0.39, 0.29) is 16.2 Å². The number of hydrogen-bond donors (Lipinski definition) is 0. The smallest absolute Gasteiger partial charge is 0.0544 e. The monoisotopic (exact) mass is 775 g/mol. The molecular formula is C57H49N3. The van der Waals surface area contributed by atoms with Gasteiger partial charge in [-0.15, -0.1) is 0 Å². The maximum absolute atomic E-state index is 2.54. The van der Waals surface area contributed by atoms with Crippen LogP contribution in [0.4, 0.5) is 17.1 Å². The molecule has 8 aromatic carbocycles. The molecule has 0 atom stereocenters. The van der Waals surface area contributed by atoms with Crippen molar-refractivity contribution >= 4 is 60.7 Å². The lowest BCUT2D eigenvalue weighted by molar-refractivity contribution is 0.125. The van der Waals surface area contributed by atoms with Gasteiger partial charge in [-0.25, -0.2) is 0 Å². The molecule has 0 bridgehead atoms. The maximum Gasteiger partial charge on any atom is 0.0544 e. The Bertz CT molecular complexity index is 3220. The summed E-state index contributed by atoms with van der Waals surface area (Å²) in [6.45, 7) is 14.7. The summed E-state index contributed by atoms with van der Waals surface area (Å²) >= 11 is 0. The van der Waals surface area contributed by atoms with Crippen LogP contribution in [0.15, 0.2) is 188 Å². The molecule has 1 aliphatic rings. The Kier molecular flexibility index (Phi) is 7.90. The maximum atomic E-state index is 2.54. The molecule has 0 saturated carbocycles. The van der Waals surface area contributed by atoms with Crippen molar-refractivity contribution < 1.29 is 0 Å². The molecular weight excluding hydrogens is 727 g/mol. The lowest BCUT2D eigenvalue weighted by Crippen LogP contribution is -2.42. The highest BCUT2D eigenvalue weighted by Crippen LogP contribution is 2.62. The van der Waals surface area contributed by atoms with Crippen LogP contribution >= 0.6 is 0 Å². The van der Waals surface area contributed by atoms with Gasteiger partial charge in [-0.3, -0.25) is 0 Å². The van der Waals surface area contributed by atoms with Crippen molar-refractivity contribution in [2.24, 2.45) is 5.41 Å². The van der Waals surface area contributed by atoms with Crippen LogP contribution in [0.1, 0.15) is 52.7 Å². The van der Waals surface area contributed by atoms with E-state index in [1.807, 2.05) is 0 Å². The second-order valence-electron chi connectivity index (χ2n) is 18.3. The first-order valence-corrected chi connectivity index (χ1v) is 21.3. The highest BCUT2D eigenvalue weighted by atomic mass is 15.1. The largest absolute Gasteiger partial charge is 0.310 e. The molecule has 10 aromatic rings. The fraction of sp³-hybridized carbons (Fsp3) is 0.158. The third kappa shape index (κ3) is 5.15. The standard InChI is InChI=1S/C57H49N3/c1-55(2)49-36-48-46-34-39(28-31-52(46)60(43-25-17-10-18-26-43)54(48)37-50(49)56(3,4)57(55,5)6)38-27-30-51-45(33-38)47-35-44(29-32-53(47)59(51)42-23-15-9-16-24-42)58(40-19-11-7-12-20-40)41-21-13-8-14-22-41/h7-37H,1-6H3. The van der Waals surface area contributed by atoms with Crippen LogP contribution in [0.3, 0.4) is 0 Å². The molecule has 0 radical (unpaired) electrons. The second kappa shape index (κ2) is 13.1. The Morgan fingerprint density at radius 2 is 0.717 bits per heavy atom. The van der Waals surface area contributed by atoms with Crippen LogP contribution in [0.2, 0.25) is 0 Å². The summed E-state index contributed by atoms with van der Waals surface area (Å²) < 4.78 is 4.89. The third-order valence-electron chi connectivity index (χ3n) is 14.8. The third-order valence-corrected chi connectivity index (χ3v) is 14.8. The number of nitrogens with zero attached hydrogens (tertiary/aromatic N) is 3. The van der Waals surface area contributed by atoms with Crippen molar-refractivity contribution in [2.75, 3.05) is 4.90 Å². The van der Waals surface area contributed by atoms with Gasteiger partial charge in [0, 0.05) is 50.0 Å². The van der Waals surface area contributed by atoms with Crippen molar-refractivity contribution in [3.63, 3.8) is 0 Å². The normalized spacial score (nSPS) is 15.2. The number of rotatable bonds is 6. The Hall–Kier alpha value is -6.84. The molecule has 0 N–H and O–H groups in total. The van der Waals surface area contributed by atoms with Gasteiger partial charge in [0.1, 0.15) is 0 Å². The molecule has 3 nitrogen and oxygen atoms in total. The lowest BCUT2D eigenvalue weighted by atomic mass is 9.59. The van der Waals surface area contributed by atoms with E-state index in [0.29, 0.717) is 0 Å². The Morgan fingerprint density at radius 3 is 1.20 bits per heavy atom. The van der Waals surface area contributed by atoms with Crippen molar-refractivity contribution in [2.45, 2.75) is 52.4 Å². The van der Waals surface area contributed by atoms with Gasteiger partial charge in [0.15, 0.2) is 0 Å². The molecule has 1 aliphatic carbocycles. The molecule has 2 heterocycles. The molecule has 11 rings (SSSR count). The molecule has 0 aliphatic heterocycles. The Labute approximate surface area is 352 Å². The lowest BCUT2D eigenvalue weighted by Gasteiger charge is -2.44. The fourth-order valence-electron chi connectivity index (χ4n) is 10.4. The van der Waals surface area contributed by atoms with E-state index in [0.717, 1.165) is 22.7 Å². The Morgan fingerprint density at radius 1 is 0.333 bits per heavy atom. The summed E-state index contributed by atoms with van der Waals surface area (Å²) in [6.07, 6.45) is 0. The topological polar surface area (TPSA) is 13.1 Å². The highest BCUT2D eigenvalue weighted by Gasteiger charge is 2.57. The van der Waals surface area contributed by atoms with Gasteiger partial charge in [0.2, 0.25) is 0 Å². The number of aromatic nitrogens is 2. The van der Waals surface area contributed by atoms with E-state index in [9.17, 15) is 0 Å². The first-order valence-electron chi connectivity index (χ1n) is 21.3. The van der Waals surface area contributed by atoms with Crippen molar-refractivity contribution in [1.29, 1.82) is 0 Å². The summed E-state index contributed by atoms with van der Waals surface area (Å²) in [5.41, 5.74) is 16.0. The van der Waals surface area contributed by atoms with Crippen molar-refractivity contribution in [3.05, 3.63) is 199 Å². The van der Waals surface area contributed by atoms with E-state index < -0.39 is 0 Å². The summed E-state index contributed by atoms with van der Waals surface area (Å²) in [5, 5.41) is 5.03. The zero-order valence-electron chi connectivity index (χ0n) is 35.2. The molecule has 0 unspecified atom stereocenters. The van der Waals surface area contributed by atoms with E-state index in [4.69, 9.17) is 0 Å². The molecule has 292 valence electrons. The number of fused-ring (bicyclic) bond motifs is 7. The van der Waals surface area contributed by atoms with Crippen LogP contribution in [0.25, 0.3) is 66.1 Å². The van der Waals surface area contributed by atoms with E-state index in [1.54, 1.807) is 0 Å². The average Bonchev–Trinajstić information content (AvgIpc) is 3.81. The second-order valence-corrected chi connectivity index (χ2v) is 18.3. The number of benzene rings is 8. The molecule has 2 aromatic heterocycles. The predicted octanol–water partition coefficient (Wildman–Crippen LogP) is 15.6. The van der Waals surface area contributed by atoms with Gasteiger partial charge in [0.05, 0.1) is 22.1 Å². The summed E-state index contributed by atoms with van der Waals surface area (Å²) in [4.78, 5) is 2.35. The van der Waals surface area contributed by atoms with E-state index in [1.165, 1.54) is 71.6 Å². The van der Waals surface area contributed by atoms with Crippen molar-refractivity contribution in [1.82, 2.24) is 9.13 Å². The van der Waals surface area contributed by atoms with Gasteiger partial charge >= 0.3 is 0 Å². The van der Waals surface area contributed by atoms with Gasteiger partial charge in [-0.1, -0.05) is 126 Å². The first-order chi connectivity index (χ1) is 29.0. The summed E-state index contributed by atoms with van der Waals surface area (Å²) in [7, 11) is 0. The Balaban J connectivity index is 1.15. The summed E-state index contributed by atoms with van der Waals surface area (Å²) in [5.74, 6) is 0. The zero-order chi connectivity index (χ0) is 41.0. The van der Waals surface area contributed by atoms with E-state index in [2.05, 4.69) is 244 Å². The van der Waals surface area contributed by atoms with Gasteiger partial charge in [-0.05, 0) is 142 Å². The average molecular weight is 776 g/mol. The van der Waals surface area contributed by atoms with Crippen molar-refractivity contribution in [3.8, 4) is 22.5 Å². The number of para-hydroxylation sites is 4. The molecule has 0 fully saturated rings. The first kappa shape index (κ1) is 36.3. The molecule has 60 heavy (non-hydrogen) atoms. The molecule has 0 amide bonds. The van der Waals surface area contributed by atoms with Crippen LogP contribution in [0.5, 0.6) is 0 Å². The minimum Gasteiger partial charge on any atom is -0.310 e. The van der Waals surface area contributed by atoms with Crippen LogP contribution < -0.4 is 4.90 Å². The van der Waals surface area contributed by atoms with E-state index >= 15 is 0 Å². The number of anilines is 3. The highest BCUT2D eigenvalue weighted by molar-refractivity contribution is 6.14. The minimum atomic E-state index is 0.00621. The van der Waals surface area contributed by atoms with Gasteiger partial charge in [0.25, 0.3) is 0 Å². The van der Waals surface area contributed by atoms with Crippen LogP contribution in [0, 0.1) is 5.41 Å². The zero-order valence-corrected chi connectivity index (χ0v) is 35.2. The SMILES string of the molecule is CC1(C)c2cc3c4cc(-c5ccc6c(c5)c5cc(N(c7ccccc7)c7ccccc7)ccc5n6-c5ccccc5)ccc4n(-c4ccccc4)c3cc2C(C)(C)C1(C)C. The van der Waals surface area contributed by atoms with Crippen LogP contribution in [-0.2, 0) is 10.8 Å².